The summed E-state index contributed by atoms with van der Waals surface area (Å²) in [6, 6.07) is 13.1. The molecular weight excluding hydrogens is 484 g/mol. The van der Waals surface area contributed by atoms with Crippen LogP contribution < -0.4 is 5.32 Å². The van der Waals surface area contributed by atoms with Gasteiger partial charge < -0.3 is 5.32 Å². The van der Waals surface area contributed by atoms with Crippen molar-refractivity contribution in [2.24, 2.45) is 0 Å². The number of thioether (sulfide) groups is 1. The molecule has 3 amide bonds. The summed E-state index contributed by atoms with van der Waals surface area (Å²) < 4.78 is 0. The van der Waals surface area contributed by atoms with E-state index in [0.29, 0.717) is 23.0 Å². The Morgan fingerprint density at radius 2 is 1.97 bits per heavy atom. The third-order valence-electron chi connectivity index (χ3n) is 4.67. The van der Waals surface area contributed by atoms with E-state index in [-0.39, 0.29) is 34.4 Å². The fraction of sp³-hybridized carbons (Fsp3) is 0.0952. The second kappa shape index (κ2) is 9.85. The average Bonchev–Trinajstić information content (AvgIpc) is 3.42. The van der Waals surface area contributed by atoms with E-state index in [9.17, 15) is 24.5 Å². The van der Waals surface area contributed by atoms with E-state index < -0.39 is 22.0 Å². The quantitative estimate of drug-likeness (QED) is 0.297. The van der Waals surface area contributed by atoms with Crippen molar-refractivity contribution < 1.29 is 19.3 Å². The summed E-state index contributed by atoms with van der Waals surface area (Å²) >= 11 is 6.51. The molecule has 172 valence electrons. The molecule has 0 aliphatic carbocycles. The number of halogens is 1. The van der Waals surface area contributed by atoms with Crippen LogP contribution in [0.5, 0.6) is 0 Å². The fourth-order valence-corrected chi connectivity index (χ4v) is 4.08. The third kappa shape index (κ3) is 4.97. The van der Waals surface area contributed by atoms with Gasteiger partial charge in [0.1, 0.15) is 5.02 Å². The highest BCUT2D eigenvalue weighted by Gasteiger charge is 2.34. The zero-order valence-electron chi connectivity index (χ0n) is 17.3. The number of amides is 3. The van der Waals surface area contributed by atoms with Gasteiger partial charge in [0.2, 0.25) is 0 Å². The lowest BCUT2D eigenvalue weighted by molar-refractivity contribution is -0.384. The van der Waals surface area contributed by atoms with Crippen molar-refractivity contribution in [2.45, 2.75) is 0 Å². The standard InChI is InChI=1S/C21H15ClN6O5S/c22-15-7-6-13(10-17(15)28(32)33)11-18-20(30)26(21(31)34-18)9-8-23-19(29)16-12-24-27(25-16)14-4-2-1-3-5-14/h1-7,10-12H,8-9H2,(H,23,29)/b18-11-. The molecule has 0 atom stereocenters. The van der Waals surface area contributed by atoms with Gasteiger partial charge in [-0.1, -0.05) is 35.9 Å². The molecule has 34 heavy (non-hydrogen) atoms. The number of rotatable bonds is 7. The Bertz CT molecular complexity index is 1330. The van der Waals surface area contributed by atoms with E-state index in [0.717, 1.165) is 4.90 Å². The Morgan fingerprint density at radius 1 is 1.21 bits per heavy atom. The van der Waals surface area contributed by atoms with E-state index in [1.54, 1.807) is 12.1 Å². The summed E-state index contributed by atoms with van der Waals surface area (Å²) in [7, 11) is 0. The first kappa shape index (κ1) is 23.1. The Hall–Kier alpha value is -4.03. The van der Waals surface area contributed by atoms with Crippen molar-refractivity contribution in [1.82, 2.24) is 25.2 Å². The van der Waals surface area contributed by atoms with Crippen LogP contribution in [-0.4, -0.2) is 55.0 Å². The number of para-hydroxylation sites is 1. The highest BCUT2D eigenvalue weighted by atomic mass is 35.5. The largest absolute Gasteiger partial charge is 0.349 e. The van der Waals surface area contributed by atoms with Gasteiger partial charge in [0.05, 0.1) is 21.7 Å². The monoisotopic (exact) mass is 498 g/mol. The zero-order chi connectivity index (χ0) is 24.2. The topological polar surface area (TPSA) is 140 Å². The highest BCUT2D eigenvalue weighted by Crippen LogP contribution is 2.33. The van der Waals surface area contributed by atoms with E-state index >= 15 is 0 Å². The summed E-state index contributed by atoms with van der Waals surface area (Å²) in [5.41, 5.74) is 0.831. The van der Waals surface area contributed by atoms with Crippen LogP contribution in [0.3, 0.4) is 0 Å². The molecule has 4 rings (SSSR count). The van der Waals surface area contributed by atoms with Crippen LogP contribution in [0, 0.1) is 10.1 Å². The molecule has 13 heteroatoms. The molecule has 0 radical (unpaired) electrons. The molecule has 1 aromatic heterocycles. The predicted octanol–water partition coefficient (Wildman–Crippen LogP) is 3.30. The van der Waals surface area contributed by atoms with Gasteiger partial charge in [-0.2, -0.15) is 9.90 Å². The van der Waals surface area contributed by atoms with Gasteiger partial charge in [0.15, 0.2) is 5.69 Å². The Morgan fingerprint density at radius 3 is 2.71 bits per heavy atom. The molecule has 0 unspecified atom stereocenters. The van der Waals surface area contributed by atoms with Gasteiger partial charge in [0.25, 0.3) is 22.7 Å². The SMILES string of the molecule is O=C(NCCN1C(=O)S/C(=C\c2ccc(Cl)c([N+](=O)[O-])c2)C1=O)c1cnn(-c2ccccc2)n1. The summed E-state index contributed by atoms with van der Waals surface area (Å²) in [5.74, 6) is -1.06. The van der Waals surface area contributed by atoms with E-state index in [4.69, 9.17) is 11.6 Å². The lowest BCUT2D eigenvalue weighted by Gasteiger charge is -2.12. The van der Waals surface area contributed by atoms with E-state index in [2.05, 4.69) is 15.5 Å². The van der Waals surface area contributed by atoms with Crippen LogP contribution >= 0.6 is 23.4 Å². The number of nitro groups is 1. The number of carbonyl (C=O) groups is 3. The molecule has 1 saturated heterocycles. The summed E-state index contributed by atoms with van der Waals surface area (Å²) in [5, 5.41) is 21.3. The second-order valence-electron chi connectivity index (χ2n) is 6.91. The van der Waals surface area contributed by atoms with Crippen molar-refractivity contribution in [3.05, 3.63) is 86.0 Å². The number of hydrogen-bond acceptors (Lipinski definition) is 8. The normalized spacial score (nSPS) is 14.6. The Labute approximate surface area is 201 Å². The second-order valence-corrected chi connectivity index (χ2v) is 8.31. The first-order valence-corrected chi connectivity index (χ1v) is 11.0. The number of aromatic nitrogens is 3. The van der Waals surface area contributed by atoms with Gasteiger partial charge in [-0.25, -0.2) is 0 Å². The lowest BCUT2D eigenvalue weighted by Crippen LogP contribution is -2.37. The minimum Gasteiger partial charge on any atom is -0.349 e. The Balaban J connectivity index is 1.36. The Kier molecular flexibility index (Phi) is 6.70. The summed E-state index contributed by atoms with van der Waals surface area (Å²) in [6.45, 7) is -0.0455. The molecule has 1 N–H and O–H groups in total. The van der Waals surface area contributed by atoms with E-state index in [1.165, 1.54) is 35.3 Å². The third-order valence-corrected chi connectivity index (χ3v) is 5.90. The van der Waals surface area contributed by atoms with Gasteiger partial charge in [0, 0.05) is 19.2 Å². The number of nitrogens with one attached hydrogen (secondary N) is 1. The summed E-state index contributed by atoms with van der Waals surface area (Å²) in [6.07, 6.45) is 2.70. The van der Waals surface area contributed by atoms with Crippen molar-refractivity contribution in [1.29, 1.82) is 0 Å². The van der Waals surface area contributed by atoms with Crippen molar-refractivity contribution in [3.8, 4) is 5.69 Å². The number of nitrogens with zero attached hydrogens (tertiary/aromatic N) is 5. The highest BCUT2D eigenvalue weighted by molar-refractivity contribution is 8.18. The molecule has 1 aliphatic rings. The van der Waals surface area contributed by atoms with Crippen LogP contribution in [-0.2, 0) is 4.79 Å². The van der Waals surface area contributed by atoms with Crippen LogP contribution in [0.15, 0.2) is 59.6 Å². The number of imide groups is 1. The smallest absolute Gasteiger partial charge is 0.293 e. The van der Waals surface area contributed by atoms with Crippen LogP contribution in [0.25, 0.3) is 11.8 Å². The molecule has 0 saturated carbocycles. The fourth-order valence-electron chi connectivity index (χ4n) is 3.03. The molecule has 0 bridgehead atoms. The first-order chi connectivity index (χ1) is 16.3. The minimum atomic E-state index is -0.632. The summed E-state index contributed by atoms with van der Waals surface area (Å²) in [4.78, 5) is 50.1. The number of benzene rings is 2. The molecule has 11 nitrogen and oxygen atoms in total. The molecule has 1 aliphatic heterocycles. The van der Waals surface area contributed by atoms with Crippen LogP contribution in [0.1, 0.15) is 16.1 Å². The van der Waals surface area contributed by atoms with Gasteiger partial charge in [-0.05, 0) is 41.6 Å². The number of nitro benzene ring substituents is 1. The molecule has 0 spiro atoms. The van der Waals surface area contributed by atoms with Crippen LogP contribution in [0.4, 0.5) is 10.5 Å². The predicted molar refractivity (Wildman–Crippen MR) is 124 cm³/mol. The number of carbonyl (C=O) groups excluding carboxylic acids is 3. The van der Waals surface area contributed by atoms with Gasteiger partial charge in [-0.15, -0.1) is 5.10 Å². The molecular formula is C21H15ClN6O5S. The number of hydrogen-bond donors (Lipinski definition) is 1. The average molecular weight is 499 g/mol. The molecule has 2 heterocycles. The maximum absolute atomic E-state index is 12.6. The molecule has 3 aromatic rings. The van der Waals surface area contributed by atoms with Gasteiger partial charge in [-0.3, -0.25) is 29.4 Å². The maximum Gasteiger partial charge on any atom is 0.293 e. The van der Waals surface area contributed by atoms with Crippen LogP contribution in [0.2, 0.25) is 5.02 Å². The lowest BCUT2D eigenvalue weighted by atomic mass is 10.2. The van der Waals surface area contributed by atoms with Crippen molar-refractivity contribution >= 4 is 52.2 Å². The van der Waals surface area contributed by atoms with E-state index in [1.807, 2.05) is 18.2 Å². The van der Waals surface area contributed by atoms with Crippen molar-refractivity contribution in [3.63, 3.8) is 0 Å². The first-order valence-electron chi connectivity index (χ1n) is 9.79. The maximum atomic E-state index is 12.6. The van der Waals surface area contributed by atoms with Gasteiger partial charge >= 0.3 is 0 Å². The van der Waals surface area contributed by atoms with Crippen molar-refractivity contribution in [2.75, 3.05) is 13.1 Å². The molecule has 2 aromatic carbocycles. The molecule has 1 fully saturated rings. The minimum absolute atomic E-state index is 0.00870. The zero-order valence-corrected chi connectivity index (χ0v) is 18.8.